The number of fused-ring (bicyclic) bond motifs is 1. The van der Waals surface area contributed by atoms with Crippen LogP contribution in [0.5, 0.6) is 0 Å². The molecule has 1 nitrogen and oxygen atoms in total. The summed E-state index contributed by atoms with van der Waals surface area (Å²) in [4.78, 5) is 2.32. The van der Waals surface area contributed by atoms with Crippen molar-refractivity contribution < 1.29 is 8.81 Å². The topological polar surface area (TPSA) is 13.1 Å². The van der Waals surface area contributed by atoms with Crippen molar-refractivity contribution in [3.63, 3.8) is 0 Å². The first kappa shape index (κ1) is 16.4. The van der Waals surface area contributed by atoms with Crippen molar-refractivity contribution in [1.29, 1.82) is 0 Å². The van der Waals surface area contributed by atoms with Gasteiger partial charge in [-0.3, -0.25) is 0 Å². The van der Waals surface area contributed by atoms with Crippen molar-refractivity contribution >= 4 is 37.5 Å². The second-order valence-corrected chi connectivity index (χ2v) is 7.59. The van der Waals surface area contributed by atoms with Crippen LogP contribution in [0, 0.1) is 0 Å². The maximum atomic E-state index is 14.4. The minimum atomic E-state index is -0.267. The van der Waals surface area contributed by atoms with Gasteiger partial charge in [-0.15, -0.1) is 9.24 Å². The van der Waals surface area contributed by atoms with Gasteiger partial charge < -0.3 is 4.42 Å². The number of hydrogen-bond acceptors (Lipinski definition) is 2. The lowest BCUT2D eigenvalue weighted by Gasteiger charge is -2.00. The predicted molar refractivity (Wildman–Crippen MR) is 106 cm³/mol. The van der Waals surface area contributed by atoms with Gasteiger partial charge in [-0.05, 0) is 54.2 Å². The van der Waals surface area contributed by atoms with Crippen LogP contribution in [0.4, 0.5) is 4.39 Å². The molecule has 0 aliphatic heterocycles. The second kappa shape index (κ2) is 7.03. The third kappa shape index (κ3) is 3.63. The van der Waals surface area contributed by atoms with Crippen molar-refractivity contribution in [3.05, 3.63) is 89.7 Å². The summed E-state index contributed by atoms with van der Waals surface area (Å²) in [6.45, 7) is 0. The fraction of sp³-hybridized carbons (Fsp3) is 0.0476. The molecule has 124 valence electrons. The average Bonchev–Trinajstić information content (AvgIpc) is 2.94. The summed E-state index contributed by atoms with van der Waals surface area (Å²) in [6.07, 6.45) is 6.03. The van der Waals surface area contributed by atoms with E-state index in [4.69, 9.17) is 4.42 Å². The Morgan fingerprint density at radius 1 is 0.960 bits per heavy atom. The van der Waals surface area contributed by atoms with Gasteiger partial charge in [0.15, 0.2) is 0 Å². The Balaban J connectivity index is 1.67. The maximum Gasteiger partial charge on any atom is 0.138 e. The molecule has 2 aromatic carbocycles. The fourth-order valence-corrected chi connectivity index (χ4v) is 3.92. The van der Waals surface area contributed by atoms with E-state index in [1.54, 1.807) is 11.8 Å². The van der Waals surface area contributed by atoms with Gasteiger partial charge in [0.05, 0.1) is 0 Å². The molecule has 1 unspecified atom stereocenters. The van der Waals surface area contributed by atoms with Crippen LogP contribution >= 0.6 is 21.0 Å². The standard InChI is InChI=1S/C21H16FOPS/c22-19-13-15(24)5-4-8-18(19)21-12-14-11-17(9-10-20(14)23-21)25-16-6-2-1-3-7-16/h1-3,5-13H,4,24H2. The number of furan rings is 1. The van der Waals surface area contributed by atoms with Crippen LogP contribution in [0.1, 0.15) is 12.2 Å². The van der Waals surface area contributed by atoms with Crippen molar-refractivity contribution in [2.24, 2.45) is 0 Å². The van der Waals surface area contributed by atoms with Crippen LogP contribution in [0.15, 0.2) is 98.2 Å². The zero-order valence-corrected chi connectivity index (χ0v) is 15.4. The Kier molecular flexibility index (Phi) is 4.61. The Morgan fingerprint density at radius 2 is 1.80 bits per heavy atom. The van der Waals surface area contributed by atoms with Gasteiger partial charge in [0.25, 0.3) is 0 Å². The molecule has 0 bridgehead atoms. The lowest BCUT2D eigenvalue weighted by molar-refractivity contribution is 0.588. The molecule has 3 aromatic rings. The Hall–Kier alpha value is -2.09. The number of rotatable bonds is 3. The molecule has 0 saturated heterocycles. The van der Waals surface area contributed by atoms with Gasteiger partial charge in [-0.1, -0.05) is 42.1 Å². The number of halogens is 1. The van der Waals surface area contributed by atoms with Crippen molar-refractivity contribution in [2.45, 2.75) is 16.2 Å². The molecule has 1 aliphatic carbocycles. The van der Waals surface area contributed by atoms with E-state index in [1.807, 2.05) is 48.6 Å². The van der Waals surface area contributed by atoms with Crippen LogP contribution in [-0.2, 0) is 0 Å². The van der Waals surface area contributed by atoms with Crippen LogP contribution < -0.4 is 0 Å². The molecule has 0 amide bonds. The minimum absolute atomic E-state index is 0.267. The van der Waals surface area contributed by atoms with Crippen LogP contribution in [0.25, 0.3) is 16.5 Å². The summed E-state index contributed by atoms with van der Waals surface area (Å²) >= 11 is 1.70. The highest BCUT2D eigenvalue weighted by atomic mass is 32.2. The summed E-state index contributed by atoms with van der Waals surface area (Å²) in [7, 11) is 2.54. The number of hydrogen-bond donors (Lipinski definition) is 0. The Labute approximate surface area is 152 Å². The molecule has 25 heavy (non-hydrogen) atoms. The highest BCUT2D eigenvalue weighted by Gasteiger charge is 2.15. The summed E-state index contributed by atoms with van der Waals surface area (Å²) < 4.78 is 20.3. The quantitative estimate of drug-likeness (QED) is 0.464. The molecule has 4 heteroatoms. The van der Waals surface area contributed by atoms with Crippen molar-refractivity contribution in [2.75, 3.05) is 0 Å². The van der Waals surface area contributed by atoms with E-state index in [2.05, 4.69) is 27.4 Å². The monoisotopic (exact) mass is 366 g/mol. The third-order valence-electron chi connectivity index (χ3n) is 3.96. The normalized spacial score (nSPS) is 14.7. The molecule has 4 rings (SSSR count). The summed E-state index contributed by atoms with van der Waals surface area (Å²) in [5.41, 5.74) is 1.28. The van der Waals surface area contributed by atoms with E-state index in [9.17, 15) is 4.39 Å². The smallest absolute Gasteiger partial charge is 0.138 e. The molecule has 0 saturated carbocycles. The molecule has 0 N–H and O–H groups in total. The maximum absolute atomic E-state index is 14.4. The van der Waals surface area contributed by atoms with E-state index >= 15 is 0 Å². The highest BCUT2D eigenvalue weighted by molar-refractivity contribution is 7.99. The van der Waals surface area contributed by atoms with E-state index in [0.717, 1.165) is 21.2 Å². The third-order valence-corrected chi connectivity index (χ3v) is 5.36. The molecule has 1 aromatic heterocycles. The van der Waals surface area contributed by atoms with Gasteiger partial charge in [-0.2, -0.15) is 0 Å². The molecule has 1 heterocycles. The molecular weight excluding hydrogens is 350 g/mol. The Bertz CT molecular complexity index is 1010. The lowest BCUT2D eigenvalue weighted by Crippen LogP contribution is -1.81. The summed E-state index contributed by atoms with van der Waals surface area (Å²) in [5, 5.41) is 1.83. The van der Waals surface area contributed by atoms with Gasteiger partial charge >= 0.3 is 0 Å². The van der Waals surface area contributed by atoms with Crippen LogP contribution in [-0.4, -0.2) is 0 Å². The zero-order chi connectivity index (χ0) is 17.2. The van der Waals surface area contributed by atoms with E-state index in [1.165, 1.54) is 11.0 Å². The highest BCUT2D eigenvalue weighted by Crippen LogP contribution is 2.35. The van der Waals surface area contributed by atoms with Crippen molar-refractivity contribution in [3.8, 4) is 0 Å². The largest absolute Gasteiger partial charge is 0.456 e. The first-order valence-electron chi connectivity index (χ1n) is 7.99. The molecular formula is C21H16FOPS. The SMILES string of the molecule is FC1=CC(P)=CCC=C1c1cc2cc(Sc3ccccc3)ccc2o1. The average molecular weight is 366 g/mol. The first-order valence-corrected chi connectivity index (χ1v) is 9.39. The fourth-order valence-electron chi connectivity index (χ4n) is 2.75. The summed E-state index contributed by atoms with van der Waals surface area (Å²) in [6, 6.07) is 18.2. The predicted octanol–water partition coefficient (Wildman–Crippen LogP) is 6.98. The van der Waals surface area contributed by atoms with E-state index in [0.29, 0.717) is 17.8 Å². The lowest BCUT2D eigenvalue weighted by atomic mass is 10.1. The molecule has 0 fully saturated rings. The van der Waals surface area contributed by atoms with Gasteiger partial charge in [0, 0.05) is 20.8 Å². The minimum Gasteiger partial charge on any atom is -0.456 e. The van der Waals surface area contributed by atoms with Gasteiger partial charge in [0.2, 0.25) is 0 Å². The zero-order valence-electron chi connectivity index (χ0n) is 13.4. The number of allylic oxidation sites excluding steroid dienone is 6. The first-order chi connectivity index (χ1) is 12.2. The number of benzene rings is 2. The molecule has 1 atom stereocenters. The second-order valence-electron chi connectivity index (χ2n) is 5.78. The molecule has 0 spiro atoms. The van der Waals surface area contributed by atoms with E-state index < -0.39 is 0 Å². The van der Waals surface area contributed by atoms with Crippen molar-refractivity contribution in [1.82, 2.24) is 0 Å². The van der Waals surface area contributed by atoms with E-state index in [-0.39, 0.29) is 5.83 Å². The molecule has 1 aliphatic rings. The Morgan fingerprint density at radius 3 is 2.64 bits per heavy atom. The van der Waals surface area contributed by atoms with Crippen LogP contribution in [0.2, 0.25) is 0 Å². The van der Waals surface area contributed by atoms with Crippen LogP contribution in [0.3, 0.4) is 0 Å². The molecule has 0 radical (unpaired) electrons. The summed E-state index contributed by atoms with van der Waals surface area (Å²) in [5.74, 6) is 0.301. The van der Waals surface area contributed by atoms with Gasteiger partial charge in [-0.25, -0.2) is 4.39 Å². The van der Waals surface area contributed by atoms with Gasteiger partial charge in [0.1, 0.15) is 17.2 Å².